The molecule has 0 atom stereocenters. The van der Waals surface area contributed by atoms with Gasteiger partial charge in [0, 0.05) is 36.1 Å². The number of aliphatic hydroxyl groups is 1. The van der Waals surface area contributed by atoms with E-state index in [-0.39, 0.29) is 29.3 Å². The minimum absolute atomic E-state index is 0.00243. The molecule has 4 aromatic heterocycles. The van der Waals surface area contributed by atoms with Gasteiger partial charge in [-0.05, 0) is 31.0 Å². The maximum atomic E-state index is 12.6. The third-order valence-corrected chi connectivity index (χ3v) is 6.90. The predicted molar refractivity (Wildman–Crippen MR) is 117 cm³/mol. The lowest BCUT2D eigenvalue weighted by Gasteiger charge is -2.37. The molecular weight excluding hydrogens is 446 g/mol. The van der Waals surface area contributed by atoms with E-state index in [1.807, 2.05) is 12.1 Å². The van der Waals surface area contributed by atoms with Gasteiger partial charge in [0.25, 0.3) is 10.0 Å². The second-order valence-corrected chi connectivity index (χ2v) is 9.38. The van der Waals surface area contributed by atoms with Gasteiger partial charge < -0.3 is 19.8 Å². The Labute approximate surface area is 188 Å². The van der Waals surface area contributed by atoms with Crippen molar-refractivity contribution in [2.75, 3.05) is 5.32 Å². The Morgan fingerprint density at radius 3 is 2.88 bits per heavy atom. The molecule has 1 fully saturated rings. The molecule has 168 valence electrons. The van der Waals surface area contributed by atoms with Crippen LogP contribution in [-0.2, 0) is 16.6 Å². The van der Waals surface area contributed by atoms with Crippen LogP contribution in [0.3, 0.4) is 0 Å². The van der Waals surface area contributed by atoms with Gasteiger partial charge in [-0.2, -0.15) is 5.26 Å². The minimum atomic E-state index is -3.83. The van der Waals surface area contributed by atoms with E-state index in [1.54, 1.807) is 12.4 Å². The number of nitrogens with zero attached hydrogens (tertiary/aromatic N) is 4. The topological polar surface area (TPSA) is 170 Å². The Hall–Kier alpha value is -3.79. The van der Waals surface area contributed by atoms with Crippen LogP contribution >= 0.6 is 0 Å². The van der Waals surface area contributed by atoms with Crippen LogP contribution in [0, 0.1) is 11.3 Å². The van der Waals surface area contributed by atoms with Crippen molar-refractivity contribution in [2.45, 2.75) is 36.6 Å². The highest BCUT2D eigenvalue weighted by molar-refractivity contribution is 7.89. The number of aliphatic hydroxyl groups excluding tert-OH is 1. The summed E-state index contributed by atoms with van der Waals surface area (Å²) in [7, 11) is -3.83. The van der Waals surface area contributed by atoms with E-state index >= 15 is 0 Å². The molecule has 0 aromatic carbocycles. The molecule has 33 heavy (non-hydrogen) atoms. The first-order valence-electron chi connectivity index (χ1n) is 10.1. The molecule has 0 amide bonds. The monoisotopic (exact) mass is 465 g/mol. The summed E-state index contributed by atoms with van der Waals surface area (Å²) < 4.78 is 33.4. The fourth-order valence-corrected chi connectivity index (χ4v) is 5.00. The summed E-state index contributed by atoms with van der Waals surface area (Å²) in [5, 5.41) is 22.4. The van der Waals surface area contributed by atoms with Gasteiger partial charge in [-0.15, -0.1) is 0 Å². The molecule has 1 saturated carbocycles. The summed E-state index contributed by atoms with van der Waals surface area (Å²) in [5.74, 6) is 0.331. The fraction of sp³-hybridized carbons (Fsp3) is 0.238. The van der Waals surface area contributed by atoms with Crippen LogP contribution in [0.2, 0.25) is 0 Å². The summed E-state index contributed by atoms with van der Waals surface area (Å²) in [6.45, 7) is -0.233. The van der Waals surface area contributed by atoms with Gasteiger partial charge >= 0.3 is 0 Å². The van der Waals surface area contributed by atoms with Gasteiger partial charge in [0.1, 0.15) is 17.6 Å². The van der Waals surface area contributed by atoms with Crippen LogP contribution in [0.25, 0.3) is 22.5 Å². The van der Waals surface area contributed by atoms with Crippen LogP contribution < -0.4 is 10.0 Å². The number of oxazole rings is 1. The maximum Gasteiger partial charge on any atom is 0.258 e. The molecule has 12 heteroatoms. The number of nitriles is 1. The molecule has 0 bridgehead atoms. The SMILES string of the molecule is N#Cc1ccnc(S(=O)(=O)N[C@H]2C[C@@H](Nc3c(-c4nc(CO)co4)cnc4[nH]ccc34)C2)c1. The Morgan fingerprint density at radius 1 is 1.27 bits per heavy atom. The number of hydrogen-bond donors (Lipinski definition) is 4. The van der Waals surface area contributed by atoms with Crippen LogP contribution in [-0.4, -0.2) is 45.5 Å². The molecule has 0 spiro atoms. The van der Waals surface area contributed by atoms with Crippen molar-refractivity contribution in [3.05, 3.63) is 54.3 Å². The zero-order chi connectivity index (χ0) is 23.0. The number of fused-ring (bicyclic) bond motifs is 1. The van der Waals surface area contributed by atoms with Gasteiger partial charge in [0.15, 0.2) is 5.03 Å². The first-order chi connectivity index (χ1) is 16.0. The Morgan fingerprint density at radius 2 is 2.12 bits per heavy atom. The lowest BCUT2D eigenvalue weighted by Crippen LogP contribution is -2.49. The van der Waals surface area contributed by atoms with Gasteiger partial charge in [0.05, 0.1) is 29.5 Å². The molecule has 4 N–H and O–H groups in total. The number of anilines is 1. The summed E-state index contributed by atoms with van der Waals surface area (Å²) >= 11 is 0. The van der Waals surface area contributed by atoms with Gasteiger partial charge in [-0.25, -0.2) is 28.1 Å². The second-order valence-electron chi connectivity index (χ2n) is 7.71. The van der Waals surface area contributed by atoms with E-state index in [9.17, 15) is 13.5 Å². The highest BCUT2D eigenvalue weighted by Crippen LogP contribution is 2.36. The largest absolute Gasteiger partial charge is 0.444 e. The molecule has 4 heterocycles. The van der Waals surface area contributed by atoms with Crippen LogP contribution in [0.15, 0.2) is 52.5 Å². The predicted octanol–water partition coefficient (Wildman–Crippen LogP) is 1.90. The first kappa shape index (κ1) is 21.1. The smallest absolute Gasteiger partial charge is 0.258 e. The lowest BCUT2D eigenvalue weighted by molar-refractivity contribution is 0.276. The van der Waals surface area contributed by atoms with Crippen molar-refractivity contribution in [2.24, 2.45) is 0 Å². The number of H-pyrrole nitrogens is 1. The van der Waals surface area contributed by atoms with Crippen molar-refractivity contribution < 1.29 is 17.9 Å². The number of rotatable bonds is 7. The number of nitrogens with one attached hydrogen (secondary N) is 3. The van der Waals surface area contributed by atoms with Gasteiger partial charge in [0.2, 0.25) is 5.89 Å². The molecular formula is C21H19N7O4S. The van der Waals surface area contributed by atoms with Gasteiger partial charge in [-0.1, -0.05) is 0 Å². The quantitative estimate of drug-likeness (QED) is 0.318. The van der Waals surface area contributed by atoms with Crippen molar-refractivity contribution in [1.82, 2.24) is 24.7 Å². The van der Waals surface area contributed by atoms with Crippen molar-refractivity contribution in [3.8, 4) is 17.5 Å². The zero-order valence-corrected chi connectivity index (χ0v) is 18.0. The second kappa shape index (κ2) is 8.28. The molecule has 5 rings (SSSR count). The average Bonchev–Trinajstić information content (AvgIpc) is 3.47. The Kier molecular flexibility index (Phi) is 5.29. The Balaban J connectivity index is 1.32. The fourth-order valence-electron chi connectivity index (χ4n) is 3.77. The molecule has 1 aliphatic carbocycles. The number of aromatic amines is 1. The lowest BCUT2D eigenvalue weighted by atomic mass is 9.87. The van der Waals surface area contributed by atoms with E-state index in [0.29, 0.717) is 35.6 Å². The van der Waals surface area contributed by atoms with E-state index in [1.165, 1.54) is 24.6 Å². The van der Waals surface area contributed by atoms with Crippen molar-refractivity contribution in [1.29, 1.82) is 5.26 Å². The highest BCUT2D eigenvalue weighted by atomic mass is 32.2. The van der Waals surface area contributed by atoms with E-state index in [4.69, 9.17) is 9.68 Å². The Bertz CT molecular complexity index is 1470. The average molecular weight is 465 g/mol. The summed E-state index contributed by atoms with van der Waals surface area (Å²) in [5.41, 5.74) is 2.74. The molecule has 0 radical (unpaired) electrons. The summed E-state index contributed by atoms with van der Waals surface area (Å²) in [6, 6.07) is 6.24. The van der Waals surface area contributed by atoms with Crippen molar-refractivity contribution >= 4 is 26.7 Å². The molecule has 11 nitrogen and oxygen atoms in total. The molecule has 0 saturated heterocycles. The van der Waals surface area contributed by atoms with Crippen molar-refractivity contribution in [3.63, 3.8) is 0 Å². The third kappa shape index (κ3) is 4.05. The van der Waals surface area contributed by atoms with E-state index in [2.05, 4.69) is 30.0 Å². The molecule has 0 unspecified atom stereocenters. The molecule has 1 aliphatic rings. The van der Waals surface area contributed by atoms with E-state index < -0.39 is 10.0 Å². The third-order valence-electron chi connectivity index (χ3n) is 5.48. The number of hydrogen-bond acceptors (Lipinski definition) is 9. The first-order valence-corrected chi connectivity index (χ1v) is 11.6. The van der Waals surface area contributed by atoms with E-state index in [0.717, 1.165) is 11.1 Å². The summed E-state index contributed by atoms with van der Waals surface area (Å²) in [4.78, 5) is 15.6. The van der Waals surface area contributed by atoms with Crippen LogP contribution in [0.5, 0.6) is 0 Å². The van der Waals surface area contributed by atoms with Crippen LogP contribution in [0.4, 0.5) is 5.69 Å². The number of aromatic nitrogens is 4. The zero-order valence-electron chi connectivity index (χ0n) is 17.2. The molecule has 4 aromatic rings. The minimum Gasteiger partial charge on any atom is -0.444 e. The van der Waals surface area contributed by atoms with Gasteiger partial charge in [-0.3, -0.25) is 0 Å². The maximum absolute atomic E-state index is 12.6. The standard InChI is InChI=1S/C21H19N7O4S/c22-8-12-1-3-23-18(5-12)33(30,31)28-14-6-13(7-14)26-19-16-2-4-24-20(16)25-9-17(19)21-27-15(10-29)11-32-21/h1-5,9,11,13-14,28-29H,6-7,10H2,(H2,24,25,26)/t13-,14+. The number of sulfonamides is 1. The summed E-state index contributed by atoms with van der Waals surface area (Å²) in [6.07, 6.45) is 7.22. The number of pyridine rings is 2. The van der Waals surface area contributed by atoms with Crippen LogP contribution in [0.1, 0.15) is 24.1 Å². The molecule has 0 aliphatic heterocycles. The highest BCUT2D eigenvalue weighted by Gasteiger charge is 2.34. The normalized spacial score (nSPS) is 18.1.